The molecule has 3 aromatic carbocycles. The maximum Gasteiger partial charge on any atom is 0.122 e. The van der Waals surface area contributed by atoms with Gasteiger partial charge in [-0.15, -0.1) is 0 Å². The Kier molecular flexibility index (Phi) is 6.42. The molecule has 1 N–H and O–H groups in total. The predicted molar refractivity (Wildman–Crippen MR) is 153 cm³/mol. The van der Waals surface area contributed by atoms with E-state index in [0.29, 0.717) is 0 Å². The van der Waals surface area contributed by atoms with E-state index >= 15 is 0 Å². The third kappa shape index (κ3) is 4.79. The molecule has 7 rings (SSSR count). The largest absolute Gasteiger partial charge is 0.493 e. The molecule has 2 aliphatic heterocycles. The molecule has 0 spiro atoms. The number of nitrogens with zero attached hydrogens (tertiary/aromatic N) is 1. The van der Waals surface area contributed by atoms with Crippen molar-refractivity contribution in [3.05, 3.63) is 77.9 Å². The lowest BCUT2D eigenvalue weighted by molar-refractivity contribution is 0.102. The molecule has 1 saturated heterocycles. The Labute approximate surface area is 222 Å². The number of hydrogen-bond donors (Lipinski definition) is 1. The third-order valence-electron chi connectivity index (χ3n) is 9.80. The first-order chi connectivity index (χ1) is 18.3. The summed E-state index contributed by atoms with van der Waals surface area (Å²) >= 11 is 0. The molecule has 0 bridgehead atoms. The number of fused-ring (bicyclic) bond motifs is 2. The molecule has 2 unspecified atom stereocenters. The predicted octanol–water partition coefficient (Wildman–Crippen LogP) is 8.32. The molecule has 3 aromatic rings. The molecule has 3 nitrogen and oxygen atoms in total. The van der Waals surface area contributed by atoms with E-state index in [4.69, 9.17) is 4.74 Å². The molecule has 2 saturated carbocycles. The van der Waals surface area contributed by atoms with Gasteiger partial charge in [-0.1, -0.05) is 43.2 Å². The average Bonchev–Trinajstić information content (AvgIpc) is 3.61. The third-order valence-corrected chi connectivity index (χ3v) is 9.80. The average molecular weight is 493 g/mol. The highest BCUT2D eigenvalue weighted by Crippen LogP contribution is 2.42. The van der Waals surface area contributed by atoms with Crippen molar-refractivity contribution in [3.63, 3.8) is 0 Å². The minimum atomic E-state index is 0.729. The van der Waals surface area contributed by atoms with Gasteiger partial charge in [-0.05, 0) is 122 Å². The van der Waals surface area contributed by atoms with Crippen LogP contribution in [0.3, 0.4) is 0 Å². The summed E-state index contributed by atoms with van der Waals surface area (Å²) in [5.74, 6) is 2.78. The fourth-order valence-electron chi connectivity index (χ4n) is 7.75. The summed E-state index contributed by atoms with van der Waals surface area (Å²) in [5.41, 5.74) is 7.66. The molecular formula is C34H40N2O. The summed E-state index contributed by atoms with van der Waals surface area (Å²) in [6.07, 6.45) is 13.8. The van der Waals surface area contributed by atoms with Crippen LogP contribution < -0.4 is 10.1 Å². The van der Waals surface area contributed by atoms with Crippen LogP contribution in [0.2, 0.25) is 0 Å². The van der Waals surface area contributed by atoms with Crippen LogP contribution in [-0.4, -0.2) is 30.1 Å². The van der Waals surface area contributed by atoms with E-state index in [1.54, 1.807) is 0 Å². The summed E-state index contributed by atoms with van der Waals surface area (Å²) in [4.78, 5) is 2.94. The highest BCUT2D eigenvalue weighted by Gasteiger charge is 2.40. The molecule has 2 aliphatic carbocycles. The number of hydrogen-bond acceptors (Lipinski definition) is 3. The lowest BCUT2D eigenvalue weighted by Crippen LogP contribution is -2.43. The van der Waals surface area contributed by atoms with Gasteiger partial charge in [0.05, 0.1) is 6.61 Å². The number of likely N-dealkylation sites (tertiary alicyclic amines) is 1. The van der Waals surface area contributed by atoms with Gasteiger partial charge >= 0.3 is 0 Å². The summed E-state index contributed by atoms with van der Waals surface area (Å²) in [6, 6.07) is 26.4. The summed E-state index contributed by atoms with van der Waals surface area (Å²) in [5, 5.41) is 3.60. The van der Waals surface area contributed by atoms with Crippen molar-refractivity contribution in [1.82, 2.24) is 4.90 Å². The number of ether oxygens (including phenoxy) is 1. The van der Waals surface area contributed by atoms with E-state index in [1.165, 1.54) is 92.3 Å². The van der Waals surface area contributed by atoms with Gasteiger partial charge in [0.25, 0.3) is 0 Å². The van der Waals surface area contributed by atoms with Crippen LogP contribution in [0, 0.1) is 5.92 Å². The molecule has 0 radical (unpaired) electrons. The van der Waals surface area contributed by atoms with E-state index in [1.807, 2.05) is 0 Å². The van der Waals surface area contributed by atoms with Crippen LogP contribution in [0.15, 0.2) is 66.7 Å². The Morgan fingerprint density at radius 2 is 1.43 bits per heavy atom. The van der Waals surface area contributed by atoms with Gasteiger partial charge in [0.1, 0.15) is 5.75 Å². The van der Waals surface area contributed by atoms with Crippen LogP contribution >= 0.6 is 0 Å². The molecule has 4 aliphatic rings. The van der Waals surface area contributed by atoms with E-state index in [-0.39, 0.29) is 0 Å². The standard InChI is InChI=1S/C34H40N2O/c1-2-4-33-27(3-1)19-21-36(33)32-16-9-25(10-17-32)24-5-12-30(13-6-24)35-31-14-7-26(8-15-31)28-11-18-34-29(23-28)20-22-37-34/h5-8,11-15,18,23,25,27,32-33,35H,1-4,9-10,16-17,19-22H2. The van der Waals surface area contributed by atoms with Gasteiger partial charge < -0.3 is 10.1 Å². The highest BCUT2D eigenvalue weighted by atomic mass is 16.5. The quantitative estimate of drug-likeness (QED) is 0.387. The lowest BCUT2D eigenvalue weighted by Gasteiger charge is -2.40. The van der Waals surface area contributed by atoms with Crippen molar-refractivity contribution >= 4 is 11.4 Å². The first-order valence-electron chi connectivity index (χ1n) is 14.8. The monoisotopic (exact) mass is 492 g/mol. The van der Waals surface area contributed by atoms with Crippen molar-refractivity contribution in [2.75, 3.05) is 18.5 Å². The molecule has 37 heavy (non-hydrogen) atoms. The van der Waals surface area contributed by atoms with Crippen LogP contribution in [0.1, 0.15) is 74.8 Å². The molecule has 2 heterocycles. The van der Waals surface area contributed by atoms with Gasteiger partial charge in [-0.25, -0.2) is 0 Å². The number of nitrogens with one attached hydrogen (secondary N) is 1. The maximum atomic E-state index is 5.65. The Balaban J connectivity index is 0.944. The molecule has 0 amide bonds. The Hall–Kier alpha value is -2.78. The minimum absolute atomic E-state index is 0.729. The second kappa shape index (κ2) is 10.2. The van der Waals surface area contributed by atoms with Crippen molar-refractivity contribution in [2.24, 2.45) is 5.92 Å². The topological polar surface area (TPSA) is 24.5 Å². The maximum absolute atomic E-state index is 5.65. The second-order valence-electron chi connectivity index (χ2n) is 11.9. The Morgan fingerprint density at radius 3 is 2.24 bits per heavy atom. The number of benzene rings is 3. The number of anilines is 2. The van der Waals surface area contributed by atoms with Crippen molar-refractivity contribution in [1.29, 1.82) is 0 Å². The molecule has 3 heteroatoms. The lowest BCUT2D eigenvalue weighted by atomic mass is 9.80. The van der Waals surface area contributed by atoms with Crippen molar-refractivity contribution in [3.8, 4) is 16.9 Å². The fraction of sp³-hybridized carbons (Fsp3) is 0.471. The van der Waals surface area contributed by atoms with Crippen LogP contribution in [0.25, 0.3) is 11.1 Å². The summed E-state index contributed by atoms with van der Waals surface area (Å²) < 4.78 is 5.65. The van der Waals surface area contributed by atoms with Crippen molar-refractivity contribution in [2.45, 2.75) is 82.2 Å². The van der Waals surface area contributed by atoms with E-state index in [9.17, 15) is 0 Å². The zero-order chi connectivity index (χ0) is 24.6. The zero-order valence-electron chi connectivity index (χ0n) is 22.0. The minimum Gasteiger partial charge on any atom is -0.493 e. The molecule has 0 aromatic heterocycles. The van der Waals surface area contributed by atoms with Crippen LogP contribution in [0.5, 0.6) is 5.75 Å². The van der Waals surface area contributed by atoms with Gasteiger partial charge in [0.15, 0.2) is 0 Å². The Morgan fingerprint density at radius 1 is 0.703 bits per heavy atom. The van der Waals surface area contributed by atoms with E-state index < -0.39 is 0 Å². The zero-order valence-corrected chi connectivity index (χ0v) is 22.0. The van der Waals surface area contributed by atoms with Gasteiger partial charge in [0.2, 0.25) is 0 Å². The fourth-order valence-corrected chi connectivity index (χ4v) is 7.75. The van der Waals surface area contributed by atoms with Crippen LogP contribution in [-0.2, 0) is 6.42 Å². The van der Waals surface area contributed by atoms with Crippen molar-refractivity contribution < 1.29 is 4.74 Å². The first kappa shape index (κ1) is 23.3. The van der Waals surface area contributed by atoms with Gasteiger partial charge in [-0.3, -0.25) is 4.90 Å². The van der Waals surface area contributed by atoms with E-state index in [2.05, 4.69) is 76.9 Å². The Bertz CT molecular complexity index is 1210. The molecule has 3 fully saturated rings. The molecular weight excluding hydrogens is 452 g/mol. The summed E-state index contributed by atoms with van der Waals surface area (Å²) in [7, 11) is 0. The van der Waals surface area contributed by atoms with Gasteiger partial charge in [-0.2, -0.15) is 0 Å². The first-order valence-corrected chi connectivity index (χ1v) is 14.8. The summed E-state index contributed by atoms with van der Waals surface area (Å²) in [6.45, 7) is 2.18. The molecule has 192 valence electrons. The van der Waals surface area contributed by atoms with E-state index in [0.717, 1.165) is 48.4 Å². The number of rotatable bonds is 5. The normalized spacial score (nSPS) is 27.4. The SMILES string of the molecule is c1cc(-c2ccc3c(c2)CCO3)ccc1Nc1ccc(C2CCC(N3CCC4CCCCC43)CC2)cc1. The molecule has 2 atom stereocenters. The van der Waals surface area contributed by atoms with Crippen LogP contribution in [0.4, 0.5) is 11.4 Å². The highest BCUT2D eigenvalue weighted by molar-refractivity contribution is 5.70. The van der Waals surface area contributed by atoms with Gasteiger partial charge in [0, 0.05) is 29.9 Å². The second-order valence-corrected chi connectivity index (χ2v) is 11.9. The smallest absolute Gasteiger partial charge is 0.122 e.